The van der Waals surface area contributed by atoms with E-state index in [1.165, 1.54) is 17.3 Å². The second kappa shape index (κ2) is 11.4. The van der Waals surface area contributed by atoms with Crippen LogP contribution in [0.1, 0.15) is 30.3 Å². The Morgan fingerprint density at radius 2 is 2.03 bits per heavy atom. The summed E-state index contributed by atoms with van der Waals surface area (Å²) in [5.41, 5.74) is 3.19. The highest BCUT2D eigenvalue weighted by atomic mass is 32.2. The van der Waals surface area contributed by atoms with Crippen LogP contribution in [0.3, 0.4) is 0 Å². The van der Waals surface area contributed by atoms with Gasteiger partial charge in [-0.25, -0.2) is 0 Å². The van der Waals surface area contributed by atoms with Gasteiger partial charge >= 0.3 is 0 Å². The summed E-state index contributed by atoms with van der Waals surface area (Å²) in [6, 6.07) is 15.8. The van der Waals surface area contributed by atoms with Crippen LogP contribution in [0.2, 0.25) is 0 Å². The number of rotatable bonds is 11. The molecule has 3 aromatic rings. The van der Waals surface area contributed by atoms with Gasteiger partial charge in [0, 0.05) is 12.2 Å². The van der Waals surface area contributed by atoms with Gasteiger partial charge in [0.1, 0.15) is 12.4 Å². The Morgan fingerprint density at radius 3 is 2.74 bits per heavy atom. The van der Waals surface area contributed by atoms with E-state index >= 15 is 0 Å². The van der Waals surface area contributed by atoms with Crippen molar-refractivity contribution in [2.75, 3.05) is 11.1 Å². The summed E-state index contributed by atoms with van der Waals surface area (Å²) in [4.78, 5) is 12.3. The zero-order chi connectivity index (χ0) is 22.1. The first-order valence-electron chi connectivity index (χ1n) is 10.3. The fraction of sp³-hybridized carbons (Fsp3) is 0.292. The van der Waals surface area contributed by atoms with Gasteiger partial charge in [0.2, 0.25) is 5.91 Å². The molecule has 1 amide bonds. The molecule has 0 aliphatic carbocycles. The molecule has 6 nitrogen and oxygen atoms in total. The number of ether oxygens (including phenoxy) is 1. The quantitative estimate of drug-likeness (QED) is 0.337. The van der Waals surface area contributed by atoms with Crippen molar-refractivity contribution in [1.29, 1.82) is 0 Å². The van der Waals surface area contributed by atoms with Gasteiger partial charge in [-0.05, 0) is 48.7 Å². The number of anilines is 1. The molecule has 2 aromatic carbocycles. The Labute approximate surface area is 187 Å². The highest BCUT2D eigenvalue weighted by Gasteiger charge is 2.14. The number of aryl methyl sites for hydroxylation is 2. The molecule has 0 spiro atoms. The van der Waals surface area contributed by atoms with E-state index in [0.717, 1.165) is 29.8 Å². The summed E-state index contributed by atoms with van der Waals surface area (Å²) in [7, 11) is 0. The van der Waals surface area contributed by atoms with Crippen molar-refractivity contribution < 1.29 is 9.53 Å². The second-order valence-corrected chi connectivity index (χ2v) is 8.13. The summed E-state index contributed by atoms with van der Waals surface area (Å²) in [5, 5.41) is 12.1. The number of carbonyl (C=O) groups excluding carboxylic acids is 1. The Bertz CT molecular complexity index is 1010. The predicted octanol–water partition coefficient (Wildman–Crippen LogP) is 5.03. The lowest BCUT2D eigenvalue weighted by atomic mass is 10.1. The van der Waals surface area contributed by atoms with Crippen molar-refractivity contribution in [2.24, 2.45) is 0 Å². The van der Waals surface area contributed by atoms with Crippen molar-refractivity contribution >= 4 is 23.4 Å². The van der Waals surface area contributed by atoms with Crippen molar-refractivity contribution in [1.82, 2.24) is 14.8 Å². The number of aromatic nitrogens is 3. The lowest BCUT2D eigenvalue weighted by molar-refractivity contribution is -0.113. The molecule has 0 aliphatic rings. The Kier molecular flexibility index (Phi) is 8.29. The minimum absolute atomic E-state index is 0.0891. The van der Waals surface area contributed by atoms with Crippen LogP contribution in [-0.4, -0.2) is 26.4 Å². The maximum atomic E-state index is 12.3. The van der Waals surface area contributed by atoms with Crippen molar-refractivity contribution in [3.63, 3.8) is 0 Å². The summed E-state index contributed by atoms with van der Waals surface area (Å²) in [6.07, 6.45) is 3.96. The number of amides is 1. The molecular formula is C24H28N4O2S. The highest BCUT2D eigenvalue weighted by molar-refractivity contribution is 7.99. The molecule has 162 valence electrons. The predicted molar refractivity (Wildman–Crippen MR) is 126 cm³/mol. The average molecular weight is 437 g/mol. The number of thioether (sulfide) groups is 1. The SMILES string of the molecule is C=CCn1c(COc2ccc(CCC)cc2)nnc1SCC(=O)Nc1cccc(C)c1. The molecule has 3 rings (SSSR count). The number of carbonyl (C=O) groups is 1. The van der Waals surface area contributed by atoms with Crippen LogP contribution in [0.15, 0.2) is 66.3 Å². The summed E-state index contributed by atoms with van der Waals surface area (Å²) in [6.45, 7) is 8.81. The summed E-state index contributed by atoms with van der Waals surface area (Å²) >= 11 is 1.34. The molecular weight excluding hydrogens is 408 g/mol. The largest absolute Gasteiger partial charge is 0.486 e. The Morgan fingerprint density at radius 1 is 1.23 bits per heavy atom. The molecule has 0 aliphatic heterocycles. The summed E-state index contributed by atoms with van der Waals surface area (Å²) in [5.74, 6) is 1.63. The number of allylic oxidation sites excluding steroid dienone is 1. The molecule has 0 unspecified atom stereocenters. The van der Waals surface area contributed by atoms with Gasteiger partial charge in [-0.2, -0.15) is 0 Å². The molecule has 0 radical (unpaired) electrons. The first-order chi connectivity index (χ1) is 15.1. The number of hydrogen-bond acceptors (Lipinski definition) is 5. The topological polar surface area (TPSA) is 69.0 Å². The van der Waals surface area contributed by atoms with Gasteiger partial charge in [-0.15, -0.1) is 16.8 Å². The second-order valence-electron chi connectivity index (χ2n) is 7.19. The van der Waals surface area contributed by atoms with Crippen LogP contribution in [-0.2, 0) is 24.4 Å². The molecule has 0 saturated heterocycles. The van der Waals surface area contributed by atoms with Crippen LogP contribution in [0.4, 0.5) is 5.69 Å². The van der Waals surface area contributed by atoms with Gasteiger partial charge in [0.05, 0.1) is 5.75 Å². The Hall–Kier alpha value is -3.06. The fourth-order valence-electron chi connectivity index (χ4n) is 3.08. The molecule has 0 bridgehead atoms. The van der Waals surface area contributed by atoms with E-state index in [-0.39, 0.29) is 11.7 Å². The number of benzene rings is 2. The molecule has 1 aromatic heterocycles. The third-order valence-corrected chi connectivity index (χ3v) is 5.54. The van der Waals surface area contributed by atoms with E-state index in [0.29, 0.717) is 24.1 Å². The van der Waals surface area contributed by atoms with Crippen LogP contribution in [0.25, 0.3) is 0 Å². The van der Waals surface area contributed by atoms with Crippen molar-refractivity contribution in [3.05, 3.63) is 78.1 Å². The third kappa shape index (κ3) is 6.72. The monoisotopic (exact) mass is 436 g/mol. The minimum atomic E-state index is -0.0891. The zero-order valence-corrected chi connectivity index (χ0v) is 18.8. The first-order valence-corrected chi connectivity index (χ1v) is 11.3. The number of nitrogens with zero attached hydrogens (tertiary/aromatic N) is 3. The number of nitrogens with one attached hydrogen (secondary N) is 1. The van der Waals surface area contributed by atoms with E-state index in [2.05, 4.69) is 41.1 Å². The van der Waals surface area contributed by atoms with Crippen LogP contribution < -0.4 is 10.1 Å². The lowest BCUT2D eigenvalue weighted by Gasteiger charge is -2.10. The van der Waals surface area contributed by atoms with E-state index < -0.39 is 0 Å². The van der Waals surface area contributed by atoms with Gasteiger partial charge < -0.3 is 10.1 Å². The maximum absolute atomic E-state index is 12.3. The Balaban J connectivity index is 1.58. The van der Waals surface area contributed by atoms with Gasteiger partial charge in [0.25, 0.3) is 0 Å². The lowest BCUT2D eigenvalue weighted by Crippen LogP contribution is -2.15. The molecule has 1 heterocycles. The smallest absolute Gasteiger partial charge is 0.234 e. The fourth-order valence-corrected chi connectivity index (χ4v) is 3.85. The molecule has 1 N–H and O–H groups in total. The summed E-state index contributed by atoms with van der Waals surface area (Å²) < 4.78 is 7.81. The third-order valence-electron chi connectivity index (χ3n) is 4.57. The number of hydrogen-bond donors (Lipinski definition) is 1. The van der Waals surface area contributed by atoms with Gasteiger partial charge in [0.15, 0.2) is 11.0 Å². The van der Waals surface area contributed by atoms with E-state index in [1.54, 1.807) is 6.08 Å². The average Bonchev–Trinajstić information content (AvgIpc) is 3.14. The molecule has 0 fully saturated rings. The van der Waals surface area contributed by atoms with Gasteiger partial charge in [-0.1, -0.05) is 55.4 Å². The van der Waals surface area contributed by atoms with Crippen LogP contribution in [0.5, 0.6) is 5.75 Å². The highest BCUT2D eigenvalue weighted by Crippen LogP contribution is 2.20. The maximum Gasteiger partial charge on any atom is 0.234 e. The van der Waals surface area contributed by atoms with E-state index in [9.17, 15) is 4.79 Å². The molecule has 7 heteroatoms. The first kappa shape index (κ1) is 22.6. The van der Waals surface area contributed by atoms with Gasteiger partial charge in [-0.3, -0.25) is 9.36 Å². The normalized spacial score (nSPS) is 10.6. The van der Waals surface area contributed by atoms with E-state index in [1.807, 2.05) is 47.9 Å². The standard InChI is InChI=1S/C24H28N4O2S/c1-4-7-19-10-12-21(13-11-19)30-16-22-26-27-24(28(22)14-5-2)31-17-23(29)25-20-9-6-8-18(3)15-20/h5-6,8-13,15H,2,4,7,14,16-17H2,1,3H3,(H,25,29). The minimum Gasteiger partial charge on any atom is -0.486 e. The van der Waals surface area contributed by atoms with E-state index in [4.69, 9.17) is 4.74 Å². The molecule has 0 saturated carbocycles. The molecule has 0 atom stereocenters. The zero-order valence-electron chi connectivity index (χ0n) is 18.0. The van der Waals surface area contributed by atoms with Crippen LogP contribution in [0, 0.1) is 6.92 Å². The van der Waals surface area contributed by atoms with Crippen molar-refractivity contribution in [3.8, 4) is 5.75 Å². The van der Waals surface area contributed by atoms with Crippen LogP contribution >= 0.6 is 11.8 Å². The van der Waals surface area contributed by atoms with Crippen molar-refractivity contribution in [2.45, 2.75) is 45.0 Å². The molecule has 31 heavy (non-hydrogen) atoms.